The molecule has 1 aromatic carbocycles. The molecule has 2 aromatic rings. The Labute approximate surface area is 115 Å². The molecular formula is C12H12ClNOS2. The molecule has 0 aliphatic rings. The molecule has 0 aliphatic heterocycles. The van der Waals surface area contributed by atoms with Crippen LogP contribution in [0.4, 0.5) is 0 Å². The summed E-state index contributed by atoms with van der Waals surface area (Å²) in [6, 6.07) is 7.37. The Morgan fingerprint density at radius 1 is 1.29 bits per heavy atom. The summed E-state index contributed by atoms with van der Waals surface area (Å²) in [6.45, 7) is 0.626. The van der Waals surface area contributed by atoms with Gasteiger partial charge in [-0.05, 0) is 24.3 Å². The van der Waals surface area contributed by atoms with Crippen molar-refractivity contribution in [3.05, 3.63) is 45.4 Å². The van der Waals surface area contributed by atoms with E-state index in [1.807, 2.05) is 30.5 Å². The fourth-order valence-electron chi connectivity index (χ4n) is 1.32. The van der Waals surface area contributed by atoms with Crippen molar-refractivity contribution in [3.63, 3.8) is 0 Å². The normalized spacial score (nSPS) is 10.5. The Kier molecular flexibility index (Phi) is 4.71. The Hall–Kier alpha value is -0.710. The topological polar surface area (TPSA) is 22.1 Å². The molecule has 0 atom stereocenters. The maximum absolute atomic E-state index is 5.79. The number of halogens is 1. The van der Waals surface area contributed by atoms with Gasteiger partial charge in [0, 0.05) is 28.3 Å². The number of thiazole rings is 1. The van der Waals surface area contributed by atoms with Gasteiger partial charge in [-0.25, -0.2) is 4.98 Å². The highest BCUT2D eigenvalue weighted by Gasteiger charge is 2.01. The van der Waals surface area contributed by atoms with Crippen LogP contribution in [0.15, 0.2) is 30.5 Å². The second kappa shape index (κ2) is 6.28. The van der Waals surface area contributed by atoms with Gasteiger partial charge in [0.1, 0.15) is 5.75 Å². The summed E-state index contributed by atoms with van der Waals surface area (Å²) in [5, 5.41) is 1.80. The van der Waals surface area contributed by atoms with Gasteiger partial charge in [-0.2, -0.15) is 12.6 Å². The summed E-state index contributed by atoms with van der Waals surface area (Å²) in [5.41, 5.74) is 0. The molecule has 2 rings (SSSR count). The van der Waals surface area contributed by atoms with Crippen molar-refractivity contribution in [3.8, 4) is 5.75 Å². The summed E-state index contributed by atoms with van der Waals surface area (Å²) in [4.78, 5) is 5.49. The molecule has 5 heteroatoms. The van der Waals surface area contributed by atoms with Crippen molar-refractivity contribution >= 4 is 35.6 Å². The zero-order valence-corrected chi connectivity index (χ0v) is 11.6. The maximum atomic E-state index is 5.79. The van der Waals surface area contributed by atoms with E-state index in [9.17, 15) is 0 Å². The SMILES string of the molecule is SCc1cnc(CCOc2ccc(Cl)cc2)s1. The Balaban J connectivity index is 1.81. The lowest BCUT2D eigenvalue weighted by atomic mass is 10.3. The summed E-state index contributed by atoms with van der Waals surface area (Å²) in [5.74, 6) is 1.58. The summed E-state index contributed by atoms with van der Waals surface area (Å²) < 4.78 is 5.60. The van der Waals surface area contributed by atoms with Crippen molar-refractivity contribution in [2.24, 2.45) is 0 Å². The van der Waals surface area contributed by atoms with Crippen LogP contribution >= 0.6 is 35.6 Å². The van der Waals surface area contributed by atoms with Crippen LogP contribution in [0.2, 0.25) is 5.02 Å². The first kappa shape index (κ1) is 12.7. The standard InChI is InChI=1S/C12H12ClNOS2/c13-9-1-3-10(4-2-9)15-6-5-12-14-7-11(8-16)17-12/h1-4,7,16H,5-6,8H2. The minimum Gasteiger partial charge on any atom is -0.493 e. The molecule has 0 saturated carbocycles. The molecule has 17 heavy (non-hydrogen) atoms. The van der Waals surface area contributed by atoms with Gasteiger partial charge >= 0.3 is 0 Å². The van der Waals surface area contributed by atoms with Crippen LogP contribution < -0.4 is 4.74 Å². The highest BCUT2D eigenvalue weighted by Crippen LogP contribution is 2.17. The van der Waals surface area contributed by atoms with Crippen molar-refractivity contribution in [1.82, 2.24) is 4.98 Å². The molecule has 1 heterocycles. The number of thiol groups is 1. The van der Waals surface area contributed by atoms with E-state index in [-0.39, 0.29) is 0 Å². The third kappa shape index (κ3) is 3.91. The molecule has 0 radical (unpaired) electrons. The molecule has 0 unspecified atom stereocenters. The van der Waals surface area contributed by atoms with Crippen LogP contribution in [-0.4, -0.2) is 11.6 Å². The van der Waals surface area contributed by atoms with Crippen LogP contribution in [0.3, 0.4) is 0 Å². The lowest BCUT2D eigenvalue weighted by Crippen LogP contribution is -2.00. The zero-order valence-electron chi connectivity index (χ0n) is 9.10. The first-order valence-corrected chi connectivity index (χ1v) is 7.03. The van der Waals surface area contributed by atoms with E-state index in [0.29, 0.717) is 6.61 Å². The first-order chi connectivity index (χ1) is 8.28. The average molecular weight is 286 g/mol. The van der Waals surface area contributed by atoms with Crippen molar-refractivity contribution < 1.29 is 4.74 Å². The van der Waals surface area contributed by atoms with E-state index in [1.165, 1.54) is 4.88 Å². The summed E-state index contributed by atoms with van der Waals surface area (Å²) >= 11 is 11.7. The number of nitrogens with zero attached hydrogens (tertiary/aromatic N) is 1. The largest absolute Gasteiger partial charge is 0.493 e. The second-order valence-corrected chi connectivity index (χ2v) is 5.38. The molecule has 0 aliphatic carbocycles. The molecule has 0 amide bonds. The smallest absolute Gasteiger partial charge is 0.119 e. The van der Waals surface area contributed by atoms with Crippen LogP contribution in [0.25, 0.3) is 0 Å². The third-order valence-electron chi connectivity index (χ3n) is 2.16. The molecule has 0 N–H and O–H groups in total. The van der Waals surface area contributed by atoms with Crippen molar-refractivity contribution in [2.45, 2.75) is 12.2 Å². The van der Waals surface area contributed by atoms with Gasteiger partial charge in [0.05, 0.1) is 11.6 Å². The lowest BCUT2D eigenvalue weighted by molar-refractivity contribution is 0.322. The van der Waals surface area contributed by atoms with Crippen LogP contribution in [0, 0.1) is 0 Å². The molecule has 0 saturated heterocycles. The minimum absolute atomic E-state index is 0.626. The molecular weight excluding hydrogens is 274 g/mol. The highest BCUT2D eigenvalue weighted by atomic mass is 35.5. The monoisotopic (exact) mass is 285 g/mol. The van der Waals surface area contributed by atoms with Gasteiger partial charge in [-0.1, -0.05) is 11.6 Å². The predicted molar refractivity (Wildman–Crippen MR) is 75.5 cm³/mol. The van der Waals surface area contributed by atoms with Crippen molar-refractivity contribution in [1.29, 1.82) is 0 Å². The second-order valence-electron chi connectivity index (χ2n) is 3.43. The summed E-state index contributed by atoms with van der Waals surface area (Å²) in [7, 11) is 0. The van der Waals surface area contributed by atoms with Crippen LogP contribution in [-0.2, 0) is 12.2 Å². The molecule has 2 nitrogen and oxygen atoms in total. The van der Waals surface area contributed by atoms with Crippen molar-refractivity contribution in [2.75, 3.05) is 6.61 Å². The highest BCUT2D eigenvalue weighted by molar-refractivity contribution is 7.79. The fourth-order valence-corrected chi connectivity index (χ4v) is 2.49. The molecule has 0 fully saturated rings. The van der Waals surface area contributed by atoms with Gasteiger partial charge in [-0.15, -0.1) is 11.3 Å². The molecule has 90 valence electrons. The molecule has 1 aromatic heterocycles. The number of hydrogen-bond donors (Lipinski definition) is 1. The van der Waals surface area contributed by atoms with Gasteiger partial charge in [0.15, 0.2) is 0 Å². The average Bonchev–Trinajstić information content (AvgIpc) is 2.80. The van der Waals surface area contributed by atoms with Crippen LogP contribution in [0.5, 0.6) is 5.75 Å². The van der Waals surface area contributed by atoms with E-state index >= 15 is 0 Å². The Morgan fingerprint density at radius 2 is 2.06 bits per heavy atom. The molecule has 0 spiro atoms. The molecule has 0 bridgehead atoms. The van der Waals surface area contributed by atoms with E-state index in [4.69, 9.17) is 16.3 Å². The summed E-state index contributed by atoms with van der Waals surface area (Å²) in [6.07, 6.45) is 2.69. The van der Waals surface area contributed by atoms with Crippen LogP contribution in [0.1, 0.15) is 9.88 Å². The Bertz CT molecular complexity index is 470. The van der Waals surface area contributed by atoms with Gasteiger partial charge < -0.3 is 4.74 Å². The van der Waals surface area contributed by atoms with E-state index in [2.05, 4.69) is 17.6 Å². The quantitative estimate of drug-likeness (QED) is 0.843. The Morgan fingerprint density at radius 3 is 2.71 bits per heavy atom. The van der Waals surface area contributed by atoms with Gasteiger partial charge in [0.25, 0.3) is 0 Å². The van der Waals surface area contributed by atoms with E-state index in [1.54, 1.807) is 11.3 Å². The zero-order chi connectivity index (χ0) is 12.1. The number of ether oxygens (including phenoxy) is 1. The predicted octanol–water partition coefficient (Wildman–Crippen LogP) is 3.85. The van der Waals surface area contributed by atoms with Gasteiger partial charge in [0.2, 0.25) is 0 Å². The van der Waals surface area contributed by atoms with Gasteiger partial charge in [-0.3, -0.25) is 0 Å². The minimum atomic E-state index is 0.626. The fraction of sp³-hybridized carbons (Fsp3) is 0.250. The maximum Gasteiger partial charge on any atom is 0.119 e. The third-order valence-corrected chi connectivity index (χ3v) is 4.02. The van der Waals surface area contributed by atoms with E-state index in [0.717, 1.165) is 28.0 Å². The number of hydrogen-bond acceptors (Lipinski definition) is 4. The number of benzene rings is 1. The van der Waals surface area contributed by atoms with E-state index < -0.39 is 0 Å². The first-order valence-electron chi connectivity index (χ1n) is 5.21. The number of rotatable bonds is 5. The number of aromatic nitrogens is 1. The lowest BCUT2D eigenvalue weighted by Gasteiger charge is -2.04.